The molecule has 2 rings (SSSR count). The lowest BCUT2D eigenvalue weighted by molar-refractivity contribution is 0.584. The molecule has 0 fully saturated rings. The van der Waals surface area contributed by atoms with E-state index in [0.29, 0.717) is 6.42 Å². The molecule has 0 amide bonds. The summed E-state index contributed by atoms with van der Waals surface area (Å²) >= 11 is 7.74. The largest absolute Gasteiger partial charge is 0.313 e. The minimum Gasteiger partial charge on any atom is -0.313 e. The number of benzene rings is 2. The monoisotopic (exact) mass is 309 g/mol. The summed E-state index contributed by atoms with van der Waals surface area (Å²) in [6.07, 6.45) is 2.71. The van der Waals surface area contributed by atoms with Gasteiger partial charge in [0.2, 0.25) is 0 Å². The smallest absolute Gasteiger partial charge is 0.142 e. The number of halogens is 2. The molecule has 0 heterocycles. The second-order valence-electron chi connectivity index (χ2n) is 4.53. The van der Waals surface area contributed by atoms with Gasteiger partial charge < -0.3 is 5.32 Å². The third-order valence-corrected chi connectivity index (χ3v) is 4.49. The number of thioether (sulfide) groups is 1. The van der Waals surface area contributed by atoms with E-state index in [1.165, 1.54) is 16.5 Å². The Labute approximate surface area is 128 Å². The number of nitrogens with one attached hydrogen (secondary N) is 1. The van der Waals surface area contributed by atoms with Gasteiger partial charge in [-0.05, 0) is 49.1 Å². The van der Waals surface area contributed by atoms with Gasteiger partial charge in [-0.25, -0.2) is 4.39 Å². The van der Waals surface area contributed by atoms with E-state index in [-0.39, 0.29) is 16.9 Å². The molecule has 1 atom stereocenters. The molecule has 106 valence electrons. The van der Waals surface area contributed by atoms with Crippen LogP contribution in [0.5, 0.6) is 0 Å². The molecule has 0 spiro atoms. The summed E-state index contributed by atoms with van der Waals surface area (Å²) in [5, 5.41) is 3.48. The van der Waals surface area contributed by atoms with Crippen LogP contribution in [0.25, 0.3) is 0 Å². The molecule has 0 aliphatic rings. The summed E-state index contributed by atoms with van der Waals surface area (Å²) in [5.41, 5.74) is 1.99. The Balaban J connectivity index is 2.21. The van der Waals surface area contributed by atoms with Crippen molar-refractivity contribution in [3.05, 3.63) is 64.4 Å². The maximum absolute atomic E-state index is 13.5. The van der Waals surface area contributed by atoms with Crippen LogP contribution in [0.1, 0.15) is 17.2 Å². The van der Waals surface area contributed by atoms with Crippen LogP contribution in [0.3, 0.4) is 0 Å². The SMILES string of the molecule is CNC(Cc1cccc(F)c1Cl)c1ccc(SC)cc1. The van der Waals surface area contributed by atoms with Crippen LogP contribution in [-0.4, -0.2) is 13.3 Å². The van der Waals surface area contributed by atoms with E-state index < -0.39 is 0 Å². The highest BCUT2D eigenvalue weighted by molar-refractivity contribution is 7.98. The average molecular weight is 310 g/mol. The first-order chi connectivity index (χ1) is 9.65. The fourth-order valence-electron chi connectivity index (χ4n) is 2.15. The predicted molar refractivity (Wildman–Crippen MR) is 85.1 cm³/mol. The Hall–Kier alpha value is -1.03. The zero-order chi connectivity index (χ0) is 14.5. The summed E-state index contributed by atoms with van der Waals surface area (Å²) in [5.74, 6) is -0.364. The molecule has 1 nitrogen and oxygen atoms in total. The van der Waals surface area contributed by atoms with Gasteiger partial charge in [0.1, 0.15) is 5.82 Å². The molecule has 4 heteroatoms. The first-order valence-electron chi connectivity index (χ1n) is 6.39. The lowest BCUT2D eigenvalue weighted by Gasteiger charge is -2.18. The quantitative estimate of drug-likeness (QED) is 0.803. The van der Waals surface area contributed by atoms with E-state index in [1.54, 1.807) is 17.8 Å². The van der Waals surface area contributed by atoms with E-state index in [0.717, 1.165) is 5.56 Å². The summed E-state index contributed by atoms with van der Waals surface area (Å²) in [4.78, 5) is 1.23. The summed E-state index contributed by atoms with van der Waals surface area (Å²) < 4.78 is 13.5. The fraction of sp³-hybridized carbons (Fsp3) is 0.250. The summed E-state index contributed by atoms with van der Waals surface area (Å²) in [6.45, 7) is 0. The van der Waals surface area contributed by atoms with Crippen molar-refractivity contribution in [2.75, 3.05) is 13.3 Å². The Kier molecular flexibility index (Phi) is 5.46. The molecule has 1 unspecified atom stereocenters. The lowest BCUT2D eigenvalue weighted by atomic mass is 9.99. The molecule has 0 radical (unpaired) electrons. The van der Waals surface area contributed by atoms with Crippen LogP contribution in [-0.2, 0) is 6.42 Å². The second kappa shape index (κ2) is 7.11. The molecule has 0 aromatic heterocycles. The number of likely N-dealkylation sites (N-methyl/N-ethyl adjacent to an activating group) is 1. The first kappa shape index (κ1) is 15.4. The maximum Gasteiger partial charge on any atom is 0.142 e. The molecule has 2 aromatic rings. The Morgan fingerprint density at radius 3 is 2.50 bits per heavy atom. The molecular weight excluding hydrogens is 293 g/mol. The minimum atomic E-state index is -0.364. The van der Waals surface area contributed by atoms with Crippen molar-refractivity contribution in [3.63, 3.8) is 0 Å². The maximum atomic E-state index is 13.5. The number of hydrogen-bond donors (Lipinski definition) is 1. The Bertz CT molecular complexity index is 571. The molecule has 0 saturated heterocycles. The van der Waals surface area contributed by atoms with Gasteiger partial charge >= 0.3 is 0 Å². The standard InChI is InChI=1S/C16H17ClFNS/c1-19-15(11-6-8-13(20-2)9-7-11)10-12-4-3-5-14(18)16(12)17/h3-9,15,19H,10H2,1-2H3. The molecule has 0 aliphatic carbocycles. The predicted octanol–water partition coefficient (Wildman–Crippen LogP) is 4.70. The molecule has 0 aliphatic heterocycles. The number of hydrogen-bond acceptors (Lipinski definition) is 2. The van der Waals surface area contributed by atoms with Gasteiger partial charge in [-0.15, -0.1) is 11.8 Å². The van der Waals surface area contributed by atoms with Crippen LogP contribution >= 0.6 is 23.4 Å². The van der Waals surface area contributed by atoms with Crippen molar-refractivity contribution in [1.82, 2.24) is 5.32 Å². The van der Waals surface area contributed by atoms with Gasteiger partial charge in [0.05, 0.1) is 5.02 Å². The fourth-order valence-corrected chi connectivity index (χ4v) is 2.76. The van der Waals surface area contributed by atoms with Crippen LogP contribution < -0.4 is 5.32 Å². The van der Waals surface area contributed by atoms with E-state index >= 15 is 0 Å². The van der Waals surface area contributed by atoms with Crippen molar-refractivity contribution < 1.29 is 4.39 Å². The summed E-state index contributed by atoms with van der Waals surface area (Å²) in [7, 11) is 1.90. The third-order valence-electron chi connectivity index (χ3n) is 3.32. The van der Waals surface area contributed by atoms with Crippen molar-refractivity contribution in [3.8, 4) is 0 Å². The lowest BCUT2D eigenvalue weighted by Crippen LogP contribution is -2.19. The van der Waals surface area contributed by atoms with Gasteiger partial charge in [-0.1, -0.05) is 35.9 Å². The topological polar surface area (TPSA) is 12.0 Å². The highest BCUT2D eigenvalue weighted by Crippen LogP contribution is 2.26. The van der Waals surface area contributed by atoms with E-state index in [1.807, 2.05) is 13.1 Å². The highest BCUT2D eigenvalue weighted by Gasteiger charge is 2.13. The zero-order valence-electron chi connectivity index (χ0n) is 11.5. The molecule has 2 aromatic carbocycles. The van der Waals surface area contributed by atoms with E-state index in [4.69, 9.17) is 11.6 Å². The minimum absolute atomic E-state index is 0.116. The number of rotatable bonds is 5. The van der Waals surface area contributed by atoms with Crippen molar-refractivity contribution >= 4 is 23.4 Å². The summed E-state index contributed by atoms with van der Waals surface area (Å²) in [6, 6.07) is 13.4. The van der Waals surface area contributed by atoms with Gasteiger partial charge in [0.15, 0.2) is 0 Å². The molecule has 1 N–H and O–H groups in total. The average Bonchev–Trinajstić information content (AvgIpc) is 2.49. The molecule has 20 heavy (non-hydrogen) atoms. The molecule has 0 saturated carbocycles. The van der Waals surface area contributed by atoms with Gasteiger partial charge in [-0.3, -0.25) is 0 Å². The highest BCUT2D eigenvalue weighted by atomic mass is 35.5. The van der Waals surface area contributed by atoms with E-state index in [9.17, 15) is 4.39 Å². The van der Waals surface area contributed by atoms with Crippen molar-refractivity contribution in [2.45, 2.75) is 17.4 Å². The molecule has 0 bridgehead atoms. The van der Waals surface area contributed by atoms with Crippen LogP contribution in [0, 0.1) is 5.82 Å². The normalized spacial score (nSPS) is 12.4. The van der Waals surface area contributed by atoms with E-state index in [2.05, 4.69) is 35.8 Å². The zero-order valence-corrected chi connectivity index (χ0v) is 13.1. The van der Waals surface area contributed by atoms with Crippen molar-refractivity contribution in [1.29, 1.82) is 0 Å². The van der Waals surface area contributed by atoms with Crippen molar-refractivity contribution in [2.24, 2.45) is 0 Å². The van der Waals surface area contributed by atoms with Gasteiger partial charge in [-0.2, -0.15) is 0 Å². The Morgan fingerprint density at radius 1 is 1.20 bits per heavy atom. The van der Waals surface area contributed by atoms with Gasteiger partial charge in [0, 0.05) is 10.9 Å². The van der Waals surface area contributed by atoms with Crippen LogP contribution in [0.4, 0.5) is 4.39 Å². The Morgan fingerprint density at radius 2 is 1.90 bits per heavy atom. The second-order valence-corrected chi connectivity index (χ2v) is 5.79. The molecular formula is C16H17ClFNS. The van der Waals surface area contributed by atoms with Crippen LogP contribution in [0.15, 0.2) is 47.4 Å². The van der Waals surface area contributed by atoms with Gasteiger partial charge in [0.25, 0.3) is 0 Å². The first-order valence-corrected chi connectivity index (χ1v) is 8.00. The van der Waals surface area contributed by atoms with Crippen LogP contribution in [0.2, 0.25) is 5.02 Å². The third kappa shape index (κ3) is 3.54.